The Morgan fingerprint density at radius 1 is 0.708 bits per heavy atom. The van der Waals surface area contributed by atoms with Crippen LogP contribution in [0.25, 0.3) is 11.3 Å². The summed E-state index contributed by atoms with van der Waals surface area (Å²) in [4.78, 5) is 8.41. The predicted octanol–water partition coefficient (Wildman–Crippen LogP) is 4.92. The SMILES string of the molecule is CC(C)c1ccc2nccn2c1.CC(C)c1ccn2ccnc2c1. The molecule has 0 atom stereocenters. The maximum absolute atomic E-state index is 4.22. The molecule has 4 nitrogen and oxygen atoms in total. The number of nitrogens with zero attached hydrogens (tertiary/aromatic N) is 4. The van der Waals surface area contributed by atoms with Crippen molar-refractivity contribution >= 4 is 11.3 Å². The molecule has 4 aromatic heterocycles. The second-order valence-corrected chi connectivity index (χ2v) is 6.62. The molecule has 0 saturated carbocycles. The summed E-state index contributed by atoms with van der Waals surface area (Å²) in [5.74, 6) is 1.16. The van der Waals surface area contributed by atoms with E-state index in [-0.39, 0.29) is 0 Å². The Balaban J connectivity index is 0.000000141. The summed E-state index contributed by atoms with van der Waals surface area (Å²) >= 11 is 0. The maximum Gasteiger partial charge on any atom is 0.136 e. The maximum atomic E-state index is 4.22. The van der Waals surface area contributed by atoms with Gasteiger partial charge in [0.2, 0.25) is 0 Å². The third kappa shape index (κ3) is 3.48. The van der Waals surface area contributed by atoms with E-state index in [9.17, 15) is 0 Å². The van der Waals surface area contributed by atoms with Crippen LogP contribution in [0.5, 0.6) is 0 Å². The summed E-state index contributed by atoms with van der Waals surface area (Å²) in [5, 5.41) is 0. The van der Waals surface area contributed by atoms with E-state index >= 15 is 0 Å². The number of rotatable bonds is 2. The number of imidazole rings is 2. The number of fused-ring (bicyclic) bond motifs is 2. The molecular weight excluding hydrogens is 296 g/mol. The van der Waals surface area contributed by atoms with Crippen molar-refractivity contribution in [3.05, 3.63) is 72.6 Å². The van der Waals surface area contributed by atoms with Crippen LogP contribution in [0.15, 0.2) is 61.4 Å². The van der Waals surface area contributed by atoms with Crippen molar-refractivity contribution in [2.75, 3.05) is 0 Å². The second kappa shape index (κ2) is 6.87. The van der Waals surface area contributed by atoms with Crippen LogP contribution in [0.3, 0.4) is 0 Å². The zero-order valence-corrected chi connectivity index (χ0v) is 14.7. The van der Waals surface area contributed by atoms with Crippen molar-refractivity contribution in [3.63, 3.8) is 0 Å². The molecular formula is C20H24N4. The average molecular weight is 320 g/mol. The highest BCUT2D eigenvalue weighted by Crippen LogP contribution is 2.15. The third-order valence-electron chi connectivity index (χ3n) is 4.17. The van der Waals surface area contributed by atoms with E-state index in [1.165, 1.54) is 11.1 Å². The Bertz CT molecular complexity index is 853. The molecule has 4 rings (SSSR count). The third-order valence-corrected chi connectivity index (χ3v) is 4.17. The van der Waals surface area contributed by atoms with Gasteiger partial charge in [0.15, 0.2) is 0 Å². The van der Waals surface area contributed by atoms with Crippen LogP contribution >= 0.6 is 0 Å². The van der Waals surface area contributed by atoms with Gasteiger partial charge in [0.25, 0.3) is 0 Å². The number of hydrogen-bond acceptors (Lipinski definition) is 2. The van der Waals surface area contributed by atoms with E-state index in [1.807, 2.05) is 29.2 Å². The summed E-state index contributed by atoms with van der Waals surface area (Å²) < 4.78 is 4.07. The predicted molar refractivity (Wildman–Crippen MR) is 98.6 cm³/mol. The van der Waals surface area contributed by atoms with E-state index in [0.29, 0.717) is 11.8 Å². The van der Waals surface area contributed by atoms with Gasteiger partial charge >= 0.3 is 0 Å². The summed E-state index contributed by atoms with van der Waals surface area (Å²) in [7, 11) is 0. The van der Waals surface area contributed by atoms with Crippen molar-refractivity contribution in [1.82, 2.24) is 18.8 Å². The lowest BCUT2D eigenvalue weighted by atomic mass is 10.1. The molecule has 0 saturated heterocycles. The van der Waals surface area contributed by atoms with Gasteiger partial charge in [-0.2, -0.15) is 0 Å². The van der Waals surface area contributed by atoms with Gasteiger partial charge in [-0.3, -0.25) is 0 Å². The lowest BCUT2D eigenvalue weighted by Gasteiger charge is -2.04. The van der Waals surface area contributed by atoms with Crippen molar-refractivity contribution < 1.29 is 0 Å². The quantitative estimate of drug-likeness (QED) is 0.525. The van der Waals surface area contributed by atoms with Crippen molar-refractivity contribution in [3.8, 4) is 0 Å². The van der Waals surface area contributed by atoms with Gasteiger partial charge in [-0.1, -0.05) is 33.8 Å². The van der Waals surface area contributed by atoms with E-state index in [4.69, 9.17) is 0 Å². The lowest BCUT2D eigenvalue weighted by molar-refractivity contribution is 0.854. The summed E-state index contributed by atoms with van der Waals surface area (Å²) in [6.45, 7) is 8.76. The Hall–Kier alpha value is -2.62. The van der Waals surface area contributed by atoms with Gasteiger partial charge in [0.1, 0.15) is 11.3 Å². The molecule has 0 aliphatic rings. The largest absolute Gasteiger partial charge is 0.307 e. The Labute approximate surface area is 142 Å². The summed E-state index contributed by atoms with van der Waals surface area (Å²) in [6, 6.07) is 8.45. The van der Waals surface area contributed by atoms with Gasteiger partial charge in [-0.05, 0) is 41.2 Å². The van der Waals surface area contributed by atoms with Crippen molar-refractivity contribution in [2.45, 2.75) is 39.5 Å². The van der Waals surface area contributed by atoms with Gasteiger partial charge in [-0.25, -0.2) is 9.97 Å². The lowest BCUT2D eigenvalue weighted by Crippen LogP contribution is -1.91. The molecule has 0 aliphatic carbocycles. The standard InChI is InChI=1S/2C10H12N2/c1-8(2)9-3-5-12-6-4-11-10(12)7-9;1-8(2)9-3-4-10-11-5-6-12(10)7-9/h2*3-8H,1-2H3. The van der Waals surface area contributed by atoms with Crippen LogP contribution in [-0.4, -0.2) is 18.8 Å². The highest BCUT2D eigenvalue weighted by atomic mass is 15.0. The number of hydrogen-bond donors (Lipinski definition) is 0. The van der Waals surface area contributed by atoms with Crippen LogP contribution in [-0.2, 0) is 0 Å². The highest BCUT2D eigenvalue weighted by Gasteiger charge is 2.00. The second-order valence-electron chi connectivity index (χ2n) is 6.62. The smallest absolute Gasteiger partial charge is 0.136 e. The van der Waals surface area contributed by atoms with Crippen molar-refractivity contribution in [1.29, 1.82) is 0 Å². The van der Waals surface area contributed by atoms with Gasteiger partial charge in [0, 0.05) is 37.2 Å². The molecule has 0 radical (unpaired) electrons. The Morgan fingerprint density at radius 2 is 1.38 bits per heavy atom. The van der Waals surface area contributed by atoms with Crippen molar-refractivity contribution in [2.24, 2.45) is 0 Å². The van der Waals surface area contributed by atoms with E-state index < -0.39 is 0 Å². The molecule has 0 fully saturated rings. The first-order valence-corrected chi connectivity index (χ1v) is 8.40. The fourth-order valence-corrected chi connectivity index (χ4v) is 2.56. The minimum atomic E-state index is 0.576. The fourth-order valence-electron chi connectivity index (χ4n) is 2.56. The fraction of sp³-hybridized carbons (Fsp3) is 0.300. The molecule has 0 N–H and O–H groups in total. The topological polar surface area (TPSA) is 34.6 Å². The van der Waals surface area contributed by atoms with E-state index in [0.717, 1.165) is 11.3 Å². The van der Waals surface area contributed by atoms with Crippen LogP contribution in [0, 0.1) is 0 Å². The minimum Gasteiger partial charge on any atom is -0.307 e. The molecule has 0 aromatic carbocycles. The molecule has 24 heavy (non-hydrogen) atoms. The molecule has 4 aromatic rings. The van der Waals surface area contributed by atoms with Gasteiger partial charge < -0.3 is 8.80 Å². The first kappa shape index (κ1) is 16.2. The Kier molecular flexibility index (Phi) is 4.65. The van der Waals surface area contributed by atoms with Gasteiger partial charge in [-0.15, -0.1) is 0 Å². The zero-order valence-electron chi connectivity index (χ0n) is 14.7. The monoisotopic (exact) mass is 320 g/mol. The molecule has 0 aliphatic heterocycles. The first-order chi connectivity index (χ1) is 11.5. The van der Waals surface area contributed by atoms with Gasteiger partial charge in [0.05, 0.1) is 0 Å². The average Bonchev–Trinajstić information content (AvgIpc) is 3.22. The van der Waals surface area contributed by atoms with E-state index in [2.05, 4.69) is 78.7 Å². The normalized spacial score (nSPS) is 11.2. The minimum absolute atomic E-state index is 0.576. The molecule has 0 amide bonds. The van der Waals surface area contributed by atoms with E-state index in [1.54, 1.807) is 0 Å². The Morgan fingerprint density at radius 3 is 2.08 bits per heavy atom. The first-order valence-electron chi connectivity index (χ1n) is 8.40. The molecule has 0 spiro atoms. The number of aromatic nitrogens is 4. The summed E-state index contributed by atoms with van der Waals surface area (Å²) in [5.41, 5.74) is 4.73. The van der Waals surface area contributed by atoms with Crippen LogP contribution in [0.1, 0.15) is 50.7 Å². The zero-order chi connectivity index (χ0) is 17.1. The molecule has 0 bridgehead atoms. The molecule has 4 heteroatoms. The molecule has 124 valence electrons. The van der Waals surface area contributed by atoms with Crippen LogP contribution in [0.4, 0.5) is 0 Å². The highest BCUT2D eigenvalue weighted by molar-refractivity contribution is 5.42. The molecule has 0 unspecified atom stereocenters. The number of pyridine rings is 2. The summed E-state index contributed by atoms with van der Waals surface area (Å²) in [6.07, 6.45) is 11.8. The van der Waals surface area contributed by atoms with Crippen LogP contribution in [0.2, 0.25) is 0 Å². The molecule has 4 heterocycles. The van der Waals surface area contributed by atoms with Crippen LogP contribution < -0.4 is 0 Å².